The van der Waals surface area contributed by atoms with E-state index in [-0.39, 0.29) is 11.3 Å². The fourth-order valence-corrected chi connectivity index (χ4v) is 1.16. The predicted octanol–water partition coefficient (Wildman–Crippen LogP) is 0.938. The van der Waals surface area contributed by atoms with E-state index in [1.807, 2.05) is 18.2 Å². The fraction of sp³-hybridized carbons (Fsp3) is 0. The first-order valence-corrected chi connectivity index (χ1v) is 4.11. The lowest BCUT2D eigenvalue weighted by Gasteiger charge is -2.02. The second kappa shape index (κ2) is 3.33. The molecule has 0 aliphatic carbocycles. The van der Waals surface area contributed by atoms with Crippen molar-refractivity contribution in [1.82, 2.24) is 9.78 Å². The Morgan fingerprint density at radius 2 is 1.93 bits per heavy atom. The molecular formula is C10H8N2O2. The average Bonchev–Trinajstić information content (AvgIpc) is 2.19. The molecule has 0 atom stereocenters. The number of nitrogens with zero attached hydrogens (tertiary/aromatic N) is 2. The van der Waals surface area contributed by atoms with Crippen molar-refractivity contribution in [3.05, 3.63) is 52.9 Å². The lowest BCUT2D eigenvalue weighted by molar-refractivity contribution is 0.467. The highest BCUT2D eigenvalue weighted by atomic mass is 16.3. The summed E-state index contributed by atoms with van der Waals surface area (Å²) in [6, 6.07) is 10.2. The van der Waals surface area contributed by atoms with Gasteiger partial charge in [-0.05, 0) is 12.1 Å². The smallest absolute Gasteiger partial charge is 0.275 e. The van der Waals surface area contributed by atoms with Crippen LogP contribution < -0.4 is 5.56 Å². The van der Waals surface area contributed by atoms with Gasteiger partial charge in [0.25, 0.3) is 5.56 Å². The molecule has 0 saturated carbocycles. The van der Waals surface area contributed by atoms with E-state index in [4.69, 9.17) is 5.11 Å². The summed E-state index contributed by atoms with van der Waals surface area (Å²) in [5, 5.41) is 12.8. The van der Waals surface area contributed by atoms with Gasteiger partial charge in [-0.15, -0.1) is 0 Å². The summed E-state index contributed by atoms with van der Waals surface area (Å²) in [6.45, 7) is 0. The summed E-state index contributed by atoms with van der Waals surface area (Å²) in [5.74, 6) is -0.123. The summed E-state index contributed by atoms with van der Waals surface area (Å²) >= 11 is 0. The van der Waals surface area contributed by atoms with Gasteiger partial charge in [-0.25, -0.2) is 0 Å². The second-order valence-electron chi connectivity index (χ2n) is 2.80. The Hall–Kier alpha value is -2.10. The van der Waals surface area contributed by atoms with Gasteiger partial charge in [-0.2, -0.15) is 9.78 Å². The topological polar surface area (TPSA) is 55.1 Å². The average molecular weight is 188 g/mol. The minimum Gasteiger partial charge on any atom is -0.506 e. The van der Waals surface area contributed by atoms with Crippen LogP contribution in [0, 0.1) is 0 Å². The monoisotopic (exact) mass is 188 g/mol. The molecule has 4 heteroatoms. The maximum Gasteiger partial charge on any atom is 0.275 e. The van der Waals surface area contributed by atoms with E-state index in [1.165, 1.54) is 10.9 Å². The third-order valence-electron chi connectivity index (χ3n) is 1.79. The second-order valence-corrected chi connectivity index (χ2v) is 2.80. The van der Waals surface area contributed by atoms with Crippen LogP contribution in [0.5, 0.6) is 5.75 Å². The number of hydrogen-bond acceptors (Lipinski definition) is 3. The van der Waals surface area contributed by atoms with Gasteiger partial charge in [-0.3, -0.25) is 4.79 Å². The van der Waals surface area contributed by atoms with Crippen molar-refractivity contribution in [2.75, 3.05) is 0 Å². The highest BCUT2D eigenvalue weighted by Gasteiger charge is 1.99. The molecule has 0 aliphatic heterocycles. The Balaban J connectivity index is 2.59. The van der Waals surface area contributed by atoms with Crippen molar-refractivity contribution in [2.45, 2.75) is 0 Å². The molecule has 1 aromatic heterocycles. The fourth-order valence-electron chi connectivity index (χ4n) is 1.16. The zero-order valence-corrected chi connectivity index (χ0v) is 7.29. The van der Waals surface area contributed by atoms with E-state index in [2.05, 4.69) is 5.10 Å². The van der Waals surface area contributed by atoms with E-state index in [0.717, 1.165) is 6.07 Å². The first kappa shape index (κ1) is 8.50. The molecule has 1 N–H and O–H groups in total. The number of aromatic nitrogens is 2. The number of para-hydroxylation sites is 1. The molecule has 0 aliphatic rings. The van der Waals surface area contributed by atoms with Gasteiger partial charge in [0.05, 0.1) is 11.9 Å². The minimum absolute atomic E-state index is 0.123. The van der Waals surface area contributed by atoms with Crippen LogP contribution >= 0.6 is 0 Å². The van der Waals surface area contributed by atoms with Gasteiger partial charge in [-0.1, -0.05) is 18.2 Å². The van der Waals surface area contributed by atoms with Crippen LogP contribution in [-0.4, -0.2) is 14.9 Å². The van der Waals surface area contributed by atoms with Crippen LogP contribution in [0.1, 0.15) is 0 Å². The van der Waals surface area contributed by atoms with Gasteiger partial charge in [0.1, 0.15) is 5.75 Å². The Bertz CT molecular complexity index is 491. The normalized spacial score (nSPS) is 10.0. The first-order valence-electron chi connectivity index (χ1n) is 4.11. The molecule has 70 valence electrons. The SMILES string of the molecule is O=c1cc(O)cnn1-c1ccccc1. The van der Waals surface area contributed by atoms with Crippen LogP contribution in [0.3, 0.4) is 0 Å². The Morgan fingerprint density at radius 1 is 1.21 bits per heavy atom. The third kappa shape index (κ3) is 1.50. The van der Waals surface area contributed by atoms with Gasteiger partial charge >= 0.3 is 0 Å². The van der Waals surface area contributed by atoms with Crippen LogP contribution in [0.25, 0.3) is 5.69 Å². The molecule has 4 nitrogen and oxygen atoms in total. The molecule has 0 saturated heterocycles. The molecule has 0 radical (unpaired) electrons. The van der Waals surface area contributed by atoms with Crippen molar-refractivity contribution in [3.8, 4) is 11.4 Å². The molecule has 0 unspecified atom stereocenters. The lowest BCUT2D eigenvalue weighted by atomic mass is 10.3. The molecule has 2 rings (SSSR count). The molecule has 0 spiro atoms. The van der Waals surface area contributed by atoms with Crippen LogP contribution in [0.15, 0.2) is 47.4 Å². The molecule has 14 heavy (non-hydrogen) atoms. The molecular weight excluding hydrogens is 180 g/mol. The van der Waals surface area contributed by atoms with E-state index >= 15 is 0 Å². The molecule has 1 heterocycles. The largest absolute Gasteiger partial charge is 0.506 e. The Morgan fingerprint density at radius 3 is 2.57 bits per heavy atom. The molecule has 0 fully saturated rings. The summed E-state index contributed by atoms with van der Waals surface area (Å²) in [6.07, 6.45) is 1.23. The zero-order chi connectivity index (χ0) is 9.97. The number of aromatic hydroxyl groups is 1. The van der Waals surface area contributed by atoms with E-state index in [1.54, 1.807) is 12.1 Å². The maximum absolute atomic E-state index is 11.4. The van der Waals surface area contributed by atoms with Crippen molar-refractivity contribution in [1.29, 1.82) is 0 Å². The van der Waals surface area contributed by atoms with Crippen LogP contribution in [-0.2, 0) is 0 Å². The Labute approximate surface area is 80.1 Å². The predicted molar refractivity (Wildman–Crippen MR) is 51.5 cm³/mol. The Kier molecular flexibility index (Phi) is 2.02. The summed E-state index contributed by atoms with van der Waals surface area (Å²) in [4.78, 5) is 11.4. The van der Waals surface area contributed by atoms with Gasteiger partial charge in [0.15, 0.2) is 0 Å². The van der Waals surface area contributed by atoms with E-state index in [0.29, 0.717) is 5.69 Å². The first-order chi connectivity index (χ1) is 6.77. The zero-order valence-electron chi connectivity index (χ0n) is 7.29. The van der Waals surface area contributed by atoms with Gasteiger partial charge < -0.3 is 5.11 Å². The third-order valence-corrected chi connectivity index (χ3v) is 1.79. The van der Waals surface area contributed by atoms with Crippen LogP contribution in [0.2, 0.25) is 0 Å². The summed E-state index contributed by atoms with van der Waals surface area (Å²) < 4.78 is 1.22. The molecule has 1 aromatic carbocycles. The van der Waals surface area contributed by atoms with Crippen molar-refractivity contribution >= 4 is 0 Å². The number of rotatable bonds is 1. The summed E-state index contributed by atoms with van der Waals surface area (Å²) in [5.41, 5.74) is 0.328. The standard InChI is InChI=1S/C10H8N2O2/c13-9-6-10(14)12(11-7-9)8-4-2-1-3-5-8/h1-7,13H. The van der Waals surface area contributed by atoms with E-state index in [9.17, 15) is 4.79 Å². The molecule has 2 aromatic rings. The quantitative estimate of drug-likeness (QED) is 0.724. The van der Waals surface area contributed by atoms with Crippen molar-refractivity contribution in [3.63, 3.8) is 0 Å². The number of hydrogen-bond donors (Lipinski definition) is 1. The molecule has 0 amide bonds. The van der Waals surface area contributed by atoms with Crippen LogP contribution in [0.4, 0.5) is 0 Å². The maximum atomic E-state index is 11.4. The van der Waals surface area contributed by atoms with E-state index < -0.39 is 0 Å². The highest BCUT2D eigenvalue weighted by molar-refractivity contribution is 5.30. The minimum atomic E-state index is -0.351. The highest BCUT2D eigenvalue weighted by Crippen LogP contribution is 2.04. The summed E-state index contributed by atoms with van der Waals surface area (Å²) in [7, 11) is 0. The van der Waals surface area contributed by atoms with Crippen molar-refractivity contribution < 1.29 is 5.11 Å². The molecule has 0 bridgehead atoms. The number of benzene rings is 1. The van der Waals surface area contributed by atoms with Crippen molar-refractivity contribution in [2.24, 2.45) is 0 Å². The van der Waals surface area contributed by atoms with Gasteiger partial charge in [0, 0.05) is 6.07 Å². The lowest BCUT2D eigenvalue weighted by Crippen LogP contribution is -2.19. The van der Waals surface area contributed by atoms with Gasteiger partial charge in [0.2, 0.25) is 0 Å².